The molecule has 0 saturated heterocycles. The van der Waals surface area contributed by atoms with Crippen LogP contribution in [-0.2, 0) is 0 Å². The number of para-hydroxylation sites is 2. The predicted molar refractivity (Wildman–Crippen MR) is 94.8 cm³/mol. The van der Waals surface area contributed by atoms with Crippen molar-refractivity contribution >= 4 is 11.4 Å². The molecule has 0 radical (unpaired) electrons. The van der Waals surface area contributed by atoms with E-state index in [0.717, 1.165) is 11.4 Å². The van der Waals surface area contributed by atoms with E-state index in [9.17, 15) is 0 Å². The Morgan fingerprint density at radius 3 is 2.17 bits per heavy atom. The Labute approximate surface area is 137 Å². The van der Waals surface area contributed by atoms with E-state index in [1.165, 1.54) is 11.1 Å². The van der Waals surface area contributed by atoms with E-state index in [1.54, 1.807) is 0 Å². The number of anilines is 2. The molecule has 0 bridgehead atoms. The second-order valence-corrected chi connectivity index (χ2v) is 5.53. The minimum Gasteiger partial charge on any atom is -0.355 e. The summed E-state index contributed by atoms with van der Waals surface area (Å²) >= 11 is 0. The molecule has 0 aliphatic carbocycles. The lowest BCUT2D eigenvalue weighted by Gasteiger charge is -2.18. The minimum absolute atomic E-state index is 0.246. The average molecular weight is 298 g/mol. The maximum atomic E-state index is 8.93. The topological polar surface area (TPSA) is 35.8 Å². The highest BCUT2D eigenvalue weighted by Crippen LogP contribution is 2.31. The van der Waals surface area contributed by atoms with Gasteiger partial charge in [0.05, 0.1) is 11.6 Å². The molecule has 0 spiro atoms. The predicted octanol–water partition coefficient (Wildman–Crippen LogP) is 5.45. The van der Waals surface area contributed by atoms with E-state index in [4.69, 9.17) is 5.26 Å². The molecule has 3 rings (SSSR count). The highest BCUT2D eigenvalue weighted by molar-refractivity contribution is 5.64. The van der Waals surface area contributed by atoms with Crippen LogP contribution < -0.4 is 5.32 Å². The number of hydrogen-bond acceptors (Lipinski definition) is 2. The Bertz CT molecular complexity index is 814. The smallest absolute Gasteiger partial charge is 0.0991 e. The Kier molecular flexibility index (Phi) is 4.40. The van der Waals surface area contributed by atoms with E-state index in [-0.39, 0.29) is 5.92 Å². The van der Waals surface area contributed by atoms with Crippen molar-refractivity contribution in [2.45, 2.75) is 12.8 Å². The van der Waals surface area contributed by atoms with Gasteiger partial charge in [0.1, 0.15) is 0 Å². The lowest BCUT2D eigenvalue weighted by atomic mass is 9.91. The van der Waals surface area contributed by atoms with Gasteiger partial charge in [-0.15, -0.1) is 0 Å². The molecule has 0 aliphatic rings. The SMILES string of the molecule is C[C@H](c1ccc(C#N)cc1)c1ccccc1Nc1ccccc1. The molecule has 3 aromatic rings. The van der Waals surface area contributed by atoms with Crippen molar-refractivity contribution in [1.82, 2.24) is 0 Å². The lowest BCUT2D eigenvalue weighted by molar-refractivity contribution is 0.924. The third-order valence-corrected chi connectivity index (χ3v) is 4.02. The van der Waals surface area contributed by atoms with Crippen molar-refractivity contribution in [3.63, 3.8) is 0 Å². The van der Waals surface area contributed by atoms with Crippen LogP contribution >= 0.6 is 0 Å². The van der Waals surface area contributed by atoms with Crippen molar-refractivity contribution in [2.24, 2.45) is 0 Å². The van der Waals surface area contributed by atoms with Crippen molar-refractivity contribution in [1.29, 1.82) is 5.26 Å². The molecule has 0 fully saturated rings. The quantitative estimate of drug-likeness (QED) is 0.694. The molecule has 1 atom stereocenters. The Hall–Kier alpha value is -3.05. The summed E-state index contributed by atoms with van der Waals surface area (Å²) in [4.78, 5) is 0. The van der Waals surface area contributed by atoms with Gasteiger partial charge in [0.15, 0.2) is 0 Å². The normalized spacial score (nSPS) is 11.5. The molecular weight excluding hydrogens is 280 g/mol. The molecule has 0 amide bonds. The number of rotatable bonds is 4. The van der Waals surface area contributed by atoms with Crippen molar-refractivity contribution in [3.05, 3.63) is 95.6 Å². The first-order valence-corrected chi connectivity index (χ1v) is 7.69. The van der Waals surface area contributed by atoms with Crippen LogP contribution in [0.2, 0.25) is 0 Å². The first kappa shape index (κ1) is 14.9. The molecule has 0 saturated carbocycles. The fourth-order valence-corrected chi connectivity index (χ4v) is 2.69. The summed E-state index contributed by atoms with van der Waals surface area (Å²) < 4.78 is 0. The zero-order valence-electron chi connectivity index (χ0n) is 13.0. The van der Waals surface area contributed by atoms with Gasteiger partial charge in [-0.2, -0.15) is 5.26 Å². The standard InChI is InChI=1S/C21H18N2/c1-16(18-13-11-17(15-22)12-14-18)20-9-5-6-10-21(20)23-19-7-3-2-4-8-19/h2-14,16,23H,1H3/t16-/m1/s1. The van der Waals surface area contributed by atoms with Gasteiger partial charge in [0.2, 0.25) is 0 Å². The zero-order chi connectivity index (χ0) is 16.1. The molecule has 0 heterocycles. The van der Waals surface area contributed by atoms with Crippen LogP contribution in [0.3, 0.4) is 0 Å². The van der Waals surface area contributed by atoms with Crippen LogP contribution in [0.4, 0.5) is 11.4 Å². The summed E-state index contributed by atoms with van der Waals surface area (Å²) in [6.45, 7) is 2.19. The van der Waals surface area contributed by atoms with Crippen LogP contribution in [0.5, 0.6) is 0 Å². The number of nitrogens with zero attached hydrogens (tertiary/aromatic N) is 1. The van der Waals surface area contributed by atoms with Crippen LogP contribution in [0.1, 0.15) is 29.5 Å². The largest absolute Gasteiger partial charge is 0.355 e. The summed E-state index contributed by atoms with van der Waals surface area (Å²) in [5, 5.41) is 12.4. The summed E-state index contributed by atoms with van der Waals surface area (Å²) in [5.41, 5.74) is 5.31. The molecule has 23 heavy (non-hydrogen) atoms. The van der Waals surface area contributed by atoms with Gasteiger partial charge in [-0.1, -0.05) is 55.5 Å². The summed E-state index contributed by atoms with van der Waals surface area (Å²) in [6.07, 6.45) is 0. The summed E-state index contributed by atoms with van der Waals surface area (Å²) in [5.74, 6) is 0.246. The summed E-state index contributed by atoms with van der Waals surface area (Å²) in [6, 6.07) is 28.5. The molecule has 2 nitrogen and oxygen atoms in total. The molecule has 2 heteroatoms. The van der Waals surface area contributed by atoms with Gasteiger partial charge in [-0.05, 0) is 41.5 Å². The third kappa shape index (κ3) is 3.41. The Balaban J connectivity index is 1.91. The number of nitrogens with one attached hydrogen (secondary N) is 1. The minimum atomic E-state index is 0.246. The second-order valence-electron chi connectivity index (χ2n) is 5.53. The van der Waals surface area contributed by atoms with Crippen LogP contribution in [0.15, 0.2) is 78.9 Å². The molecule has 0 aliphatic heterocycles. The third-order valence-electron chi connectivity index (χ3n) is 4.02. The molecule has 1 N–H and O–H groups in total. The molecule has 0 unspecified atom stereocenters. The van der Waals surface area contributed by atoms with Gasteiger partial charge in [0, 0.05) is 17.3 Å². The van der Waals surface area contributed by atoms with E-state index in [2.05, 4.69) is 48.6 Å². The number of hydrogen-bond donors (Lipinski definition) is 1. The Morgan fingerprint density at radius 2 is 1.48 bits per heavy atom. The maximum absolute atomic E-state index is 8.93. The molecule has 3 aromatic carbocycles. The van der Waals surface area contributed by atoms with Crippen molar-refractivity contribution in [2.75, 3.05) is 5.32 Å². The monoisotopic (exact) mass is 298 g/mol. The van der Waals surface area contributed by atoms with Gasteiger partial charge in [0.25, 0.3) is 0 Å². The van der Waals surface area contributed by atoms with Crippen molar-refractivity contribution < 1.29 is 0 Å². The van der Waals surface area contributed by atoms with Crippen LogP contribution in [0.25, 0.3) is 0 Å². The number of benzene rings is 3. The van der Waals surface area contributed by atoms with Gasteiger partial charge >= 0.3 is 0 Å². The van der Waals surface area contributed by atoms with Crippen molar-refractivity contribution in [3.8, 4) is 6.07 Å². The first-order valence-electron chi connectivity index (χ1n) is 7.69. The second kappa shape index (κ2) is 6.81. The number of nitriles is 1. The van der Waals surface area contributed by atoms with Crippen LogP contribution in [-0.4, -0.2) is 0 Å². The summed E-state index contributed by atoms with van der Waals surface area (Å²) in [7, 11) is 0. The molecular formula is C21H18N2. The van der Waals surface area contributed by atoms with E-state index in [0.29, 0.717) is 5.56 Å². The Morgan fingerprint density at radius 1 is 0.826 bits per heavy atom. The van der Waals surface area contributed by atoms with Crippen LogP contribution in [0, 0.1) is 11.3 Å². The zero-order valence-corrected chi connectivity index (χ0v) is 13.0. The van der Waals surface area contributed by atoms with Gasteiger partial charge in [-0.3, -0.25) is 0 Å². The maximum Gasteiger partial charge on any atom is 0.0991 e. The fraction of sp³-hybridized carbons (Fsp3) is 0.0952. The first-order chi connectivity index (χ1) is 11.3. The van der Waals surface area contributed by atoms with Gasteiger partial charge < -0.3 is 5.32 Å². The highest BCUT2D eigenvalue weighted by atomic mass is 14.9. The highest BCUT2D eigenvalue weighted by Gasteiger charge is 2.12. The fourth-order valence-electron chi connectivity index (χ4n) is 2.69. The van der Waals surface area contributed by atoms with Gasteiger partial charge in [-0.25, -0.2) is 0 Å². The van der Waals surface area contributed by atoms with E-state index in [1.807, 2.05) is 48.5 Å². The van der Waals surface area contributed by atoms with E-state index >= 15 is 0 Å². The lowest BCUT2D eigenvalue weighted by Crippen LogP contribution is -2.01. The molecule has 0 aromatic heterocycles. The molecule has 112 valence electrons. The average Bonchev–Trinajstić information content (AvgIpc) is 2.62. The van der Waals surface area contributed by atoms with E-state index < -0.39 is 0 Å².